The first-order valence-corrected chi connectivity index (χ1v) is 4.55. The summed E-state index contributed by atoms with van der Waals surface area (Å²) in [6.07, 6.45) is -0.420. The average molecular weight is 205 g/mol. The molecule has 1 aliphatic heterocycles. The van der Waals surface area contributed by atoms with Crippen molar-refractivity contribution in [3.05, 3.63) is 41.7 Å². The fourth-order valence-corrected chi connectivity index (χ4v) is 1.71. The van der Waals surface area contributed by atoms with Crippen LogP contribution in [0.2, 0.25) is 0 Å². The van der Waals surface area contributed by atoms with Crippen molar-refractivity contribution < 1.29 is 15.0 Å². The van der Waals surface area contributed by atoms with Crippen molar-refractivity contribution in [1.82, 2.24) is 0 Å². The highest BCUT2D eigenvalue weighted by molar-refractivity contribution is 6.14. The van der Waals surface area contributed by atoms with Crippen LogP contribution in [0.15, 0.2) is 36.1 Å². The van der Waals surface area contributed by atoms with E-state index in [-0.39, 0.29) is 11.4 Å². The van der Waals surface area contributed by atoms with E-state index in [1.54, 1.807) is 36.2 Å². The van der Waals surface area contributed by atoms with Crippen LogP contribution in [0.5, 0.6) is 0 Å². The minimum absolute atomic E-state index is 0.00352. The van der Waals surface area contributed by atoms with Crippen molar-refractivity contribution in [2.75, 3.05) is 11.9 Å². The van der Waals surface area contributed by atoms with Gasteiger partial charge in [0, 0.05) is 18.3 Å². The van der Waals surface area contributed by atoms with Crippen LogP contribution in [0.25, 0.3) is 0 Å². The number of nitrogens with zero attached hydrogens (tertiary/aromatic N) is 1. The maximum atomic E-state index is 11.8. The molecular weight excluding hydrogens is 194 g/mol. The monoisotopic (exact) mass is 205 g/mol. The molecule has 0 saturated heterocycles. The second-order valence-electron chi connectivity index (χ2n) is 3.42. The normalized spacial score (nSPS) is 23.1. The van der Waals surface area contributed by atoms with Crippen LogP contribution in [-0.2, 0) is 0 Å². The lowest BCUT2D eigenvalue weighted by Crippen LogP contribution is -2.40. The number of Topliss-reactive ketones (excluding diaryl/α,β-unsaturated/α-hetero) is 1. The van der Waals surface area contributed by atoms with Gasteiger partial charge in [0.2, 0.25) is 0 Å². The van der Waals surface area contributed by atoms with E-state index in [9.17, 15) is 9.90 Å². The van der Waals surface area contributed by atoms with Crippen molar-refractivity contribution in [1.29, 1.82) is 0 Å². The Morgan fingerprint density at radius 3 is 2.73 bits per heavy atom. The molecule has 1 heterocycles. The molecule has 0 aromatic heterocycles. The lowest BCUT2D eigenvalue weighted by Gasteiger charge is -2.32. The summed E-state index contributed by atoms with van der Waals surface area (Å²) in [4.78, 5) is 13.3. The SMILES string of the molecule is CN1c2ccccc2C(=O)/C(=C\O)C1O. The molecule has 1 unspecified atom stereocenters. The molecule has 0 radical (unpaired) electrons. The second kappa shape index (κ2) is 3.40. The Morgan fingerprint density at radius 1 is 1.40 bits per heavy atom. The van der Waals surface area contributed by atoms with Gasteiger partial charge in [0.05, 0.1) is 11.8 Å². The van der Waals surface area contributed by atoms with Gasteiger partial charge in [0.15, 0.2) is 12.0 Å². The van der Waals surface area contributed by atoms with E-state index >= 15 is 0 Å². The third-order valence-electron chi connectivity index (χ3n) is 2.57. The van der Waals surface area contributed by atoms with Crippen LogP contribution in [0.1, 0.15) is 10.4 Å². The number of likely N-dealkylation sites (N-methyl/N-ethyl adjacent to an activating group) is 1. The number of anilines is 1. The molecule has 1 aliphatic rings. The number of hydrogen-bond donors (Lipinski definition) is 2. The third kappa shape index (κ3) is 1.30. The average Bonchev–Trinajstić information content (AvgIpc) is 2.27. The molecule has 1 aromatic carbocycles. The molecule has 2 rings (SSSR count). The number of para-hydroxylation sites is 1. The zero-order chi connectivity index (χ0) is 11.0. The molecule has 0 saturated carbocycles. The molecule has 0 fully saturated rings. The highest BCUT2D eigenvalue weighted by atomic mass is 16.3. The summed E-state index contributed by atoms with van der Waals surface area (Å²) in [6.45, 7) is 0. The third-order valence-corrected chi connectivity index (χ3v) is 2.57. The van der Waals surface area contributed by atoms with E-state index in [4.69, 9.17) is 5.11 Å². The number of carbonyl (C=O) groups excluding carboxylic acids is 1. The summed E-state index contributed by atoms with van der Waals surface area (Å²) in [7, 11) is 1.67. The van der Waals surface area contributed by atoms with Crippen LogP contribution in [0, 0.1) is 0 Å². The fraction of sp³-hybridized carbons (Fsp3) is 0.182. The van der Waals surface area contributed by atoms with Crippen molar-refractivity contribution in [3.8, 4) is 0 Å². The number of aliphatic hydroxyl groups is 2. The first kappa shape index (κ1) is 9.73. The number of hydrogen-bond acceptors (Lipinski definition) is 4. The summed E-state index contributed by atoms with van der Waals surface area (Å²) < 4.78 is 0. The summed E-state index contributed by atoms with van der Waals surface area (Å²) in [5.74, 6) is -0.335. The summed E-state index contributed by atoms with van der Waals surface area (Å²) in [6, 6.07) is 6.97. The predicted molar refractivity (Wildman–Crippen MR) is 55.9 cm³/mol. The van der Waals surface area contributed by atoms with E-state index in [0.29, 0.717) is 17.5 Å². The molecule has 1 atom stereocenters. The van der Waals surface area contributed by atoms with Gasteiger partial charge in [-0.05, 0) is 12.1 Å². The molecule has 0 aliphatic carbocycles. The van der Waals surface area contributed by atoms with Gasteiger partial charge in [-0.1, -0.05) is 12.1 Å². The van der Waals surface area contributed by atoms with Gasteiger partial charge in [0.25, 0.3) is 0 Å². The largest absolute Gasteiger partial charge is 0.515 e. The Hall–Kier alpha value is -1.81. The van der Waals surface area contributed by atoms with Crippen LogP contribution < -0.4 is 4.90 Å². The van der Waals surface area contributed by atoms with Crippen LogP contribution >= 0.6 is 0 Å². The Labute approximate surface area is 87.1 Å². The molecule has 2 N–H and O–H groups in total. The molecule has 0 amide bonds. The number of ketones is 1. The second-order valence-corrected chi connectivity index (χ2v) is 3.42. The standard InChI is InChI=1S/C11H11NO3/c1-12-9-5-3-2-4-7(9)10(14)8(6-13)11(12)15/h2-6,11,13,15H,1H3/b8-6+. The predicted octanol–water partition coefficient (Wildman–Crippen LogP) is 1.08. The Morgan fingerprint density at radius 2 is 2.07 bits per heavy atom. The molecule has 0 bridgehead atoms. The van der Waals surface area contributed by atoms with Gasteiger partial charge >= 0.3 is 0 Å². The Bertz CT molecular complexity index is 439. The smallest absolute Gasteiger partial charge is 0.198 e. The van der Waals surface area contributed by atoms with Crippen molar-refractivity contribution in [3.63, 3.8) is 0 Å². The van der Waals surface area contributed by atoms with Crippen LogP contribution in [-0.4, -0.2) is 29.3 Å². The number of fused-ring (bicyclic) bond motifs is 1. The van der Waals surface area contributed by atoms with Gasteiger partial charge in [-0.2, -0.15) is 0 Å². The molecule has 4 heteroatoms. The molecule has 1 aromatic rings. The Balaban J connectivity index is 2.62. The highest BCUT2D eigenvalue weighted by Crippen LogP contribution is 2.30. The number of benzene rings is 1. The number of aliphatic hydroxyl groups excluding tert-OH is 2. The molecular formula is C11H11NO3. The number of carbonyl (C=O) groups is 1. The zero-order valence-electron chi connectivity index (χ0n) is 8.21. The van der Waals surface area contributed by atoms with E-state index in [0.717, 1.165) is 0 Å². The minimum Gasteiger partial charge on any atom is -0.515 e. The first-order valence-electron chi connectivity index (χ1n) is 4.55. The van der Waals surface area contributed by atoms with Crippen molar-refractivity contribution in [2.24, 2.45) is 0 Å². The minimum atomic E-state index is -1.09. The summed E-state index contributed by atoms with van der Waals surface area (Å²) in [5, 5.41) is 18.6. The highest BCUT2D eigenvalue weighted by Gasteiger charge is 2.32. The van der Waals surface area contributed by atoms with Gasteiger partial charge < -0.3 is 15.1 Å². The number of rotatable bonds is 0. The van der Waals surface area contributed by atoms with Crippen LogP contribution in [0.3, 0.4) is 0 Å². The van der Waals surface area contributed by atoms with E-state index in [2.05, 4.69) is 0 Å². The zero-order valence-corrected chi connectivity index (χ0v) is 8.21. The fourth-order valence-electron chi connectivity index (χ4n) is 1.71. The topological polar surface area (TPSA) is 60.8 Å². The van der Waals surface area contributed by atoms with Gasteiger partial charge in [-0.25, -0.2) is 0 Å². The molecule has 4 nitrogen and oxygen atoms in total. The van der Waals surface area contributed by atoms with E-state index in [1.165, 1.54) is 0 Å². The first-order chi connectivity index (χ1) is 7.16. The quantitative estimate of drug-likeness (QED) is 0.491. The van der Waals surface area contributed by atoms with E-state index in [1.807, 2.05) is 0 Å². The van der Waals surface area contributed by atoms with Crippen LogP contribution in [0.4, 0.5) is 5.69 Å². The molecule has 0 spiro atoms. The lowest BCUT2D eigenvalue weighted by molar-refractivity contribution is 0.0968. The Kier molecular flexibility index (Phi) is 2.21. The molecule has 78 valence electrons. The van der Waals surface area contributed by atoms with E-state index < -0.39 is 6.23 Å². The van der Waals surface area contributed by atoms with Gasteiger partial charge in [-0.15, -0.1) is 0 Å². The maximum absolute atomic E-state index is 11.8. The maximum Gasteiger partial charge on any atom is 0.198 e. The summed E-state index contributed by atoms with van der Waals surface area (Å²) >= 11 is 0. The van der Waals surface area contributed by atoms with Gasteiger partial charge in [-0.3, -0.25) is 4.79 Å². The van der Waals surface area contributed by atoms with Gasteiger partial charge in [0.1, 0.15) is 0 Å². The molecule has 15 heavy (non-hydrogen) atoms. The van der Waals surface area contributed by atoms with Crippen molar-refractivity contribution >= 4 is 11.5 Å². The summed E-state index contributed by atoms with van der Waals surface area (Å²) in [5.41, 5.74) is 1.16. The lowest BCUT2D eigenvalue weighted by atomic mass is 9.96. The van der Waals surface area contributed by atoms with Crippen molar-refractivity contribution in [2.45, 2.75) is 6.23 Å².